The predicted molar refractivity (Wildman–Crippen MR) is 64.6 cm³/mol. The minimum Gasteiger partial charge on any atom is -0.388 e. The van der Waals surface area contributed by atoms with Crippen molar-refractivity contribution in [1.29, 1.82) is 5.41 Å². The van der Waals surface area contributed by atoms with E-state index in [-0.39, 0.29) is 11.9 Å². The highest BCUT2D eigenvalue weighted by Crippen LogP contribution is 2.27. The molecule has 0 aromatic carbocycles. The van der Waals surface area contributed by atoms with Crippen LogP contribution in [-0.4, -0.2) is 47.3 Å². The Morgan fingerprint density at radius 3 is 2.31 bits per heavy atom. The van der Waals surface area contributed by atoms with Crippen LogP contribution in [0.15, 0.2) is 0 Å². The first-order valence-electron chi connectivity index (χ1n) is 5.98. The van der Waals surface area contributed by atoms with Crippen molar-refractivity contribution in [1.82, 2.24) is 9.80 Å². The molecule has 3 N–H and O–H groups in total. The average Bonchev–Trinajstić information content (AvgIpc) is 3.03. The number of hydrogen-bond acceptors (Lipinski definition) is 2. The second-order valence-electron chi connectivity index (χ2n) is 4.15. The smallest absolute Gasteiger partial charge is 0.320 e. The fourth-order valence-corrected chi connectivity index (χ4v) is 1.74. The summed E-state index contributed by atoms with van der Waals surface area (Å²) in [5.74, 6) is 0.151. The summed E-state index contributed by atoms with van der Waals surface area (Å²) in [7, 11) is 0. The number of nitrogens with zero attached hydrogens (tertiary/aromatic N) is 2. The summed E-state index contributed by atoms with van der Waals surface area (Å²) < 4.78 is 0. The van der Waals surface area contributed by atoms with E-state index in [4.69, 9.17) is 11.1 Å². The first kappa shape index (κ1) is 12.8. The van der Waals surface area contributed by atoms with Gasteiger partial charge in [0.25, 0.3) is 0 Å². The first-order chi connectivity index (χ1) is 7.60. The Morgan fingerprint density at radius 2 is 1.94 bits per heavy atom. The largest absolute Gasteiger partial charge is 0.388 e. The predicted octanol–water partition coefficient (Wildman–Crippen LogP) is 1.24. The maximum absolute atomic E-state index is 12.1. The van der Waals surface area contributed by atoms with E-state index in [1.807, 2.05) is 23.6 Å². The van der Waals surface area contributed by atoms with Crippen LogP contribution in [0.5, 0.6) is 0 Å². The lowest BCUT2D eigenvalue weighted by Crippen LogP contribution is -2.45. The third-order valence-electron chi connectivity index (χ3n) is 2.89. The minimum atomic E-state index is 0.0914. The lowest BCUT2D eigenvalue weighted by molar-refractivity contribution is 0.155. The first-order valence-corrected chi connectivity index (χ1v) is 5.98. The molecule has 0 aliphatic heterocycles. The van der Waals surface area contributed by atoms with Crippen molar-refractivity contribution >= 4 is 11.9 Å². The highest BCUT2D eigenvalue weighted by Gasteiger charge is 2.33. The van der Waals surface area contributed by atoms with Gasteiger partial charge in [0.2, 0.25) is 0 Å². The summed E-state index contributed by atoms with van der Waals surface area (Å²) in [6.45, 7) is 6.02. The topological polar surface area (TPSA) is 73.4 Å². The van der Waals surface area contributed by atoms with Crippen LogP contribution in [0.4, 0.5) is 4.79 Å². The van der Waals surface area contributed by atoms with Gasteiger partial charge in [0.15, 0.2) is 0 Å². The van der Waals surface area contributed by atoms with Gasteiger partial charge in [-0.15, -0.1) is 0 Å². The molecule has 1 aliphatic carbocycles. The molecule has 1 fully saturated rings. The van der Waals surface area contributed by atoms with E-state index in [0.29, 0.717) is 19.0 Å². The zero-order valence-electron chi connectivity index (χ0n) is 10.2. The van der Waals surface area contributed by atoms with Gasteiger partial charge >= 0.3 is 6.03 Å². The Kier molecular flexibility index (Phi) is 4.58. The zero-order valence-corrected chi connectivity index (χ0v) is 10.2. The number of amides is 2. The molecule has 0 aromatic heterocycles. The van der Waals surface area contributed by atoms with E-state index in [2.05, 4.69) is 0 Å². The molecule has 92 valence electrons. The van der Waals surface area contributed by atoms with Crippen molar-refractivity contribution in [3.05, 3.63) is 0 Å². The molecule has 5 heteroatoms. The highest BCUT2D eigenvalue weighted by molar-refractivity contribution is 5.79. The van der Waals surface area contributed by atoms with Crippen molar-refractivity contribution in [2.24, 2.45) is 5.73 Å². The molecule has 0 saturated heterocycles. The van der Waals surface area contributed by atoms with Crippen molar-refractivity contribution in [3.63, 3.8) is 0 Å². The number of urea groups is 1. The molecule has 0 spiro atoms. The molecule has 1 saturated carbocycles. The van der Waals surface area contributed by atoms with Crippen LogP contribution in [0.25, 0.3) is 0 Å². The van der Waals surface area contributed by atoms with Crippen LogP contribution >= 0.6 is 0 Å². The summed E-state index contributed by atoms with van der Waals surface area (Å²) in [5, 5.41) is 7.21. The summed E-state index contributed by atoms with van der Waals surface area (Å²) in [5.41, 5.74) is 5.33. The fourth-order valence-electron chi connectivity index (χ4n) is 1.74. The summed E-state index contributed by atoms with van der Waals surface area (Å²) in [6, 6.07) is 0.473. The number of carbonyl (C=O) groups is 1. The molecule has 0 bridgehead atoms. The van der Waals surface area contributed by atoms with E-state index in [1.54, 1.807) is 0 Å². The van der Waals surface area contributed by atoms with Gasteiger partial charge in [0.05, 0.1) is 5.84 Å². The van der Waals surface area contributed by atoms with E-state index in [9.17, 15) is 4.79 Å². The van der Waals surface area contributed by atoms with E-state index in [0.717, 1.165) is 25.9 Å². The summed E-state index contributed by atoms with van der Waals surface area (Å²) >= 11 is 0. The van der Waals surface area contributed by atoms with Crippen molar-refractivity contribution < 1.29 is 4.79 Å². The second kappa shape index (κ2) is 5.72. The zero-order chi connectivity index (χ0) is 12.1. The van der Waals surface area contributed by atoms with Crippen molar-refractivity contribution in [2.45, 2.75) is 39.2 Å². The molecular weight excluding hydrogens is 204 g/mol. The Bertz CT molecular complexity index is 259. The molecule has 16 heavy (non-hydrogen) atoms. The standard InChI is InChI=1S/C11H22N4O/c1-3-14(4-2)11(16)15(9-5-6-9)8-7-10(12)13/h9H,3-8H2,1-2H3,(H3,12,13). The lowest BCUT2D eigenvalue weighted by Gasteiger charge is -2.29. The average molecular weight is 226 g/mol. The molecule has 1 rings (SSSR count). The monoisotopic (exact) mass is 226 g/mol. The van der Waals surface area contributed by atoms with Gasteiger partial charge in [-0.05, 0) is 26.7 Å². The molecule has 2 amide bonds. The van der Waals surface area contributed by atoms with Crippen LogP contribution in [0.1, 0.15) is 33.1 Å². The third-order valence-corrected chi connectivity index (χ3v) is 2.89. The molecule has 0 atom stereocenters. The van der Waals surface area contributed by atoms with Crippen molar-refractivity contribution in [2.75, 3.05) is 19.6 Å². The molecule has 0 heterocycles. The third kappa shape index (κ3) is 3.40. The van der Waals surface area contributed by atoms with Gasteiger partial charge < -0.3 is 15.5 Å². The maximum Gasteiger partial charge on any atom is 0.320 e. The van der Waals surface area contributed by atoms with Crippen LogP contribution in [0.2, 0.25) is 0 Å². The van der Waals surface area contributed by atoms with Crippen LogP contribution in [-0.2, 0) is 0 Å². The summed E-state index contributed by atoms with van der Waals surface area (Å²) in [6.07, 6.45) is 2.65. The van der Waals surface area contributed by atoms with Gasteiger partial charge in [-0.25, -0.2) is 4.79 Å². The van der Waals surface area contributed by atoms with Crippen LogP contribution in [0.3, 0.4) is 0 Å². The highest BCUT2D eigenvalue weighted by atomic mass is 16.2. The van der Waals surface area contributed by atoms with Gasteiger partial charge in [0.1, 0.15) is 0 Å². The molecule has 0 unspecified atom stereocenters. The lowest BCUT2D eigenvalue weighted by atomic mass is 10.3. The van der Waals surface area contributed by atoms with Gasteiger partial charge in [-0.1, -0.05) is 0 Å². The van der Waals surface area contributed by atoms with Gasteiger partial charge in [0, 0.05) is 32.1 Å². The number of carbonyl (C=O) groups excluding carboxylic acids is 1. The van der Waals surface area contributed by atoms with E-state index >= 15 is 0 Å². The number of nitrogens with two attached hydrogens (primary N) is 1. The number of nitrogens with one attached hydrogen (secondary N) is 1. The van der Waals surface area contributed by atoms with Crippen LogP contribution < -0.4 is 5.73 Å². The number of hydrogen-bond donors (Lipinski definition) is 2. The number of amidine groups is 1. The molecule has 0 radical (unpaired) electrons. The molecule has 1 aliphatic rings. The quantitative estimate of drug-likeness (QED) is 0.528. The SMILES string of the molecule is CCN(CC)C(=O)N(CCC(=N)N)C1CC1. The molecular formula is C11H22N4O. The Hall–Kier alpha value is -1.26. The normalized spacial score (nSPS) is 14.6. The molecule has 5 nitrogen and oxygen atoms in total. The van der Waals surface area contributed by atoms with Crippen LogP contribution in [0, 0.1) is 5.41 Å². The minimum absolute atomic E-state index is 0.0914. The second-order valence-corrected chi connectivity index (χ2v) is 4.15. The maximum atomic E-state index is 12.1. The van der Waals surface area contributed by atoms with E-state index < -0.39 is 0 Å². The van der Waals surface area contributed by atoms with Gasteiger partial charge in [-0.2, -0.15) is 0 Å². The Morgan fingerprint density at radius 1 is 1.38 bits per heavy atom. The Labute approximate surface area is 97.1 Å². The fraction of sp³-hybridized carbons (Fsp3) is 0.818. The van der Waals surface area contributed by atoms with Gasteiger partial charge in [-0.3, -0.25) is 5.41 Å². The van der Waals surface area contributed by atoms with Crippen molar-refractivity contribution in [3.8, 4) is 0 Å². The number of rotatable bonds is 6. The Balaban J connectivity index is 2.54. The molecule has 0 aromatic rings. The van der Waals surface area contributed by atoms with E-state index in [1.165, 1.54) is 0 Å². The summed E-state index contributed by atoms with van der Waals surface area (Å²) in [4.78, 5) is 15.8.